The Morgan fingerprint density at radius 3 is 3.11 bits per heavy atom. The van der Waals surface area contributed by atoms with Crippen molar-refractivity contribution in [2.24, 2.45) is 5.73 Å². The number of aromatic nitrogens is 3. The number of amidine groups is 1. The van der Waals surface area contributed by atoms with Gasteiger partial charge in [0.1, 0.15) is 6.20 Å². The Hall–Kier alpha value is -1.99. The molecule has 19 heavy (non-hydrogen) atoms. The third-order valence-corrected chi connectivity index (χ3v) is 3.08. The molecule has 3 rings (SSSR count). The topological polar surface area (TPSA) is 82.6 Å². The predicted octanol–water partition coefficient (Wildman–Crippen LogP) is 0.699. The van der Waals surface area contributed by atoms with Crippen molar-refractivity contribution in [1.29, 1.82) is 0 Å². The summed E-state index contributed by atoms with van der Waals surface area (Å²) in [6, 6.07) is 1.74. The molecule has 8 heteroatoms. The second-order valence-electron chi connectivity index (χ2n) is 4.22. The van der Waals surface area contributed by atoms with Crippen LogP contribution in [-0.4, -0.2) is 38.8 Å². The van der Waals surface area contributed by atoms with Crippen LogP contribution in [0.1, 0.15) is 5.69 Å². The number of pyridine rings is 1. The quantitative estimate of drug-likeness (QED) is 0.672. The van der Waals surface area contributed by atoms with Gasteiger partial charge in [-0.05, 0) is 6.07 Å². The Bertz CT molecular complexity index is 719. The highest BCUT2D eigenvalue weighted by atomic mass is 35.5. The van der Waals surface area contributed by atoms with Gasteiger partial charge in [-0.15, -0.1) is 0 Å². The number of nitrogens with two attached hydrogens (primary N) is 1. The monoisotopic (exact) mass is 281 g/mol. The molecule has 6 nitrogen and oxygen atoms in total. The lowest BCUT2D eigenvalue weighted by atomic mass is 10.2. The van der Waals surface area contributed by atoms with Gasteiger partial charge in [0, 0.05) is 6.20 Å². The van der Waals surface area contributed by atoms with Crippen LogP contribution in [0.2, 0.25) is 5.02 Å². The molecule has 0 fully saturated rings. The summed E-state index contributed by atoms with van der Waals surface area (Å²) >= 11 is 5.93. The summed E-state index contributed by atoms with van der Waals surface area (Å²) in [5.41, 5.74) is 6.83. The number of H-pyrrole nitrogens is 1. The van der Waals surface area contributed by atoms with Crippen molar-refractivity contribution in [1.82, 2.24) is 20.5 Å². The second-order valence-corrected chi connectivity index (χ2v) is 4.66. The van der Waals surface area contributed by atoms with Crippen LogP contribution in [0, 0.1) is 0 Å². The molecule has 1 atom stereocenters. The predicted molar refractivity (Wildman–Crippen MR) is 69.5 cm³/mol. The molecular formula is C11H11ClFN6+. The fourth-order valence-electron chi connectivity index (χ4n) is 1.95. The lowest BCUT2D eigenvalue weighted by molar-refractivity contribution is -0.429. The number of nitrogens with zero attached hydrogens (tertiary/aromatic N) is 3. The van der Waals surface area contributed by atoms with E-state index in [0.29, 0.717) is 22.2 Å². The van der Waals surface area contributed by atoms with Gasteiger partial charge >= 0.3 is 5.84 Å². The van der Waals surface area contributed by atoms with Crippen LogP contribution in [0.4, 0.5) is 4.39 Å². The number of nitrogens with one attached hydrogen (secondary N) is 2. The number of hydrogen-bond acceptors (Lipinski definition) is 4. The second kappa shape index (κ2) is 4.29. The maximum atomic E-state index is 13.4. The Morgan fingerprint density at radius 1 is 1.53 bits per heavy atom. The summed E-state index contributed by atoms with van der Waals surface area (Å²) in [6.07, 6.45) is 1.96. The number of fused-ring (bicyclic) bond motifs is 1. The molecule has 1 unspecified atom stereocenters. The molecule has 4 N–H and O–H groups in total. The Labute approximate surface area is 112 Å². The van der Waals surface area contributed by atoms with Crippen molar-refractivity contribution >= 4 is 28.5 Å². The molecule has 0 aliphatic carbocycles. The molecule has 0 bridgehead atoms. The SMILES string of the molecule is C[N+]1=C(c2[nH]nc3ncc(Cl)cc23)NC(N)C(F)=C1. The average molecular weight is 282 g/mol. The largest absolute Gasteiger partial charge is 0.302 e. The minimum Gasteiger partial charge on any atom is -0.287 e. The van der Waals surface area contributed by atoms with Crippen LogP contribution < -0.4 is 11.1 Å². The summed E-state index contributed by atoms with van der Waals surface area (Å²) in [5, 5.41) is 11.0. The van der Waals surface area contributed by atoms with E-state index in [4.69, 9.17) is 17.3 Å². The number of halogens is 2. The van der Waals surface area contributed by atoms with E-state index < -0.39 is 12.0 Å². The molecule has 0 spiro atoms. The lowest BCUT2D eigenvalue weighted by Gasteiger charge is -2.15. The standard InChI is InChI=1S/C11H10ClFN6/c1-19-4-7(13)9(14)16-11(19)8-6-2-5(12)3-15-10(6)18-17-8/h2-4,9H,14H2,1H3,(H,15,16,17,18)/p+1. The summed E-state index contributed by atoms with van der Waals surface area (Å²) in [6.45, 7) is 0. The first kappa shape index (κ1) is 12.1. The first-order valence-corrected chi connectivity index (χ1v) is 5.93. The van der Waals surface area contributed by atoms with Crippen LogP contribution in [0.25, 0.3) is 11.0 Å². The van der Waals surface area contributed by atoms with Crippen LogP contribution in [0.3, 0.4) is 0 Å². The maximum Gasteiger partial charge on any atom is 0.302 e. The van der Waals surface area contributed by atoms with Crippen LogP contribution in [-0.2, 0) is 0 Å². The zero-order valence-electron chi connectivity index (χ0n) is 9.98. The molecule has 1 aliphatic heterocycles. The summed E-state index contributed by atoms with van der Waals surface area (Å²) in [4.78, 5) is 4.10. The molecule has 0 saturated carbocycles. The molecule has 98 valence electrons. The first-order chi connectivity index (χ1) is 9.06. The molecule has 2 aromatic heterocycles. The maximum absolute atomic E-state index is 13.4. The normalized spacial score (nSPS) is 19.6. The van der Waals surface area contributed by atoms with Gasteiger partial charge in [0.15, 0.2) is 23.3 Å². The third-order valence-electron chi connectivity index (χ3n) is 2.87. The van der Waals surface area contributed by atoms with E-state index >= 15 is 0 Å². The van der Waals surface area contributed by atoms with Gasteiger partial charge < -0.3 is 0 Å². The van der Waals surface area contributed by atoms with Gasteiger partial charge in [0.05, 0.1) is 17.5 Å². The smallest absolute Gasteiger partial charge is 0.287 e. The molecule has 2 aromatic rings. The Morgan fingerprint density at radius 2 is 2.32 bits per heavy atom. The van der Waals surface area contributed by atoms with E-state index in [1.165, 1.54) is 12.4 Å². The molecule has 0 amide bonds. The molecule has 3 heterocycles. The average Bonchev–Trinajstić information content (AvgIpc) is 2.76. The fourth-order valence-corrected chi connectivity index (χ4v) is 2.11. The third kappa shape index (κ3) is 1.96. The van der Waals surface area contributed by atoms with E-state index in [2.05, 4.69) is 20.5 Å². The van der Waals surface area contributed by atoms with E-state index in [-0.39, 0.29) is 0 Å². The highest BCUT2D eigenvalue weighted by Crippen LogP contribution is 2.19. The van der Waals surface area contributed by atoms with Crippen molar-refractivity contribution in [3.63, 3.8) is 0 Å². The van der Waals surface area contributed by atoms with Gasteiger partial charge in [-0.2, -0.15) is 5.10 Å². The summed E-state index contributed by atoms with van der Waals surface area (Å²) in [7, 11) is 1.71. The number of rotatable bonds is 1. The highest BCUT2D eigenvalue weighted by Gasteiger charge is 2.28. The van der Waals surface area contributed by atoms with Gasteiger partial charge in [-0.25, -0.2) is 13.9 Å². The van der Waals surface area contributed by atoms with E-state index in [9.17, 15) is 4.39 Å². The van der Waals surface area contributed by atoms with Gasteiger partial charge in [-0.3, -0.25) is 16.1 Å². The van der Waals surface area contributed by atoms with Crippen molar-refractivity contribution in [3.8, 4) is 0 Å². The fraction of sp³-hybridized carbons (Fsp3) is 0.182. The number of aromatic amines is 1. The zero-order valence-corrected chi connectivity index (χ0v) is 10.7. The van der Waals surface area contributed by atoms with E-state index in [1.807, 2.05) is 0 Å². The van der Waals surface area contributed by atoms with Crippen molar-refractivity contribution in [3.05, 3.63) is 35.0 Å². The lowest BCUT2D eigenvalue weighted by Crippen LogP contribution is -2.48. The molecular weight excluding hydrogens is 271 g/mol. The Balaban J connectivity index is 2.20. The van der Waals surface area contributed by atoms with Gasteiger partial charge in [-0.1, -0.05) is 11.6 Å². The minimum atomic E-state index is -0.878. The van der Waals surface area contributed by atoms with Gasteiger partial charge in [0.2, 0.25) is 0 Å². The molecule has 0 aromatic carbocycles. The molecule has 0 saturated heterocycles. The van der Waals surface area contributed by atoms with Crippen LogP contribution in [0.5, 0.6) is 0 Å². The zero-order chi connectivity index (χ0) is 13.6. The Kier molecular flexibility index (Phi) is 2.72. The minimum absolute atomic E-state index is 0.439. The van der Waals surface area contributed by atoms with Crippen molar-refractivity contribution < 1.29 is 8.97 Å². The van der Waals surface area contributed by atoms with Crippen molar-refractivity contribution in [2.45, 2.75) is 6.17 Å². The first-order valence-electron chi connectivity index (χ1n) is 5.55. The van der Waals surface area contributed by atoms with Gasteiger partial charge in [0.25, 0.3) is 0 Å². The molecule has 0 radical (unpaired) electrons. The van der Waals surface area contributed by atoms with E-state index in [1.54, 1.807) is 17.7 Å². The summed E-state index contributed by atoms with van der Waals surface area (Å²) in [5.74, 6) is 0.173. The van der Waals surface area contributed by atoms with Crippen LogP contribution >= 0.6 is 11.6 Å². The van der Waals surface area contributed by atoms with E-state index in [0.717, 1.165) is 5.39 Å². The number of hydrogen-bond donors (Lipinski definition) is 3. The summed E-state index contributed by atoms with van der Waals surface area (Å²) < 4.78 is 15.0. The van der Waals surface area contributed by atoms with Crippen molar-refractivity contribution in [2.75, 3.05) is 7.05 Å². The highest BCUT2D eigenvalue weighted by molar-refractivity contribution is 6.31. The molecule has 1 aliphatic rings. The van der Waals surface area contributed by atoms with Crippen LogP contribution in [0.15, 0.2) is 24.3 Å².